The van der Waals surface area contributed by atoms with Gasteiger partial charge in [-0.05, 0) is 37.1 Å². The first-order valence-electron chi connectivity index (χ1n) is 6.59. The van der Waals surface area contributed by atoms with E-state index >= 15 is 0 Å². The van der Waals surface area contributed by atoms with Crippen LogP contribution in [0.2, 0.25) is 0 Å². The van der Waals surface area contributed by atoms with E-state index < -0.39 is 0 Å². The van der Waals surface area contributed by atoms with Gasteiger partial charge >= 0.3 is 0 Å². The second kappa shape index (κ2) is 6.04. The van der Waals surface area contributed by atoms with Gasteiger partial charge in [-0.3, -0.25) is 9.69 Å². The van der Waals surface area contributed by atoms with E-state index in [-0.39, 0.29) is 12.5 Å². The van der Waals surface area contributed by atoms with Crippen molar-refractivity contribution in [3.63, 3.8) is 0 Å². The molecule has 0 aromatic heterocycles. The zero-order valence-corrected chi connectivity index (χ0v) is 11.2. The van der Waals surface area contributed by atoms with Crippen LogP contribution >= 0.6 is 0 Å². The predicted octanol–water partition coefficient (Wildman–Crippen LogP) is 0.688. The Balaban J connectivity index is 1.96. The highest BCUT2D eigenvalue weighted by molar-refractivity contribution is 5.94. The number of carbonyl (C=O) groups excluding carboxylic acids is 1. The maximum atomic E-state index is 12.2. The van der Waals surface area contributed by atoms with Gasteiger partial charge in [0.1, 0.15) is 0 Å². The first kappa shape index (κ1) is 13.8. The summed E-state index contributed by atoms with van der Waals surface area (Å²) in [5.41, 5.74) is 7.15. The molecule has 0 atom stereocenters. The lowest BCUT2D eigenvalue weighted by Gasteiger charge is -2.24. The van der Waals surface area contributed by atoms with E-state index in [4.69, 9.17) is 10.8 Å². The minimum atomic E-state index is 0.0325. The van der Waals surface area contributed by atoms with E-state index in [0.717, 1.165) is 18.5 Å². The van der Waals surface area contributed by atoms with Gasteiger partial charge in [0.2, 0.25) is 5.91 Å². The van der Waals surface area contributed by atoms with Crippen molar-refractivity contribution < 1.29 is 9.90 Å². The molecular weight excluding hydrogens is 242 g/mol. The summed E-state index contributed by atoms with van der Waals surface area (Å²) < 4.78 is 0. The van der Waals surface area contributed by atoms with Crippen LogP contribution < -0.4 is 10.6 Å². The van der Waals surface area contributed by atoms with Crippen LogP contribution in [0.5, 0.6) is 0 Å². The average Bonchev–Trinajstić information content (AvgIpc) is 3.22. The van der Waals surface area contributed by atoms with Crippen molar-refractivity contribution in [3.8, 4) is 0 Å². The summed E-state index contributed by atoms with van der Waals surface area (Å²) in [6.07, 6.45) is 2.25. The molecule has 3 N–H and O–H groups in total. The molecule has 0 radical (unpaired) electrons. The summed E-state index contributed by atoms with van der Waals surface area (Å²) in [4.78, 5) is 15.9. The van der Waals surface area contributed by atoms with Gasteiger partial charge in [-0.15, -0.1) is 0 Å². The molecule has 1 aromatic carbocycles. The lowest BCUT2D eigenvalue weighted by atomic mass is 10.2. The number of hydrogen-bond donors (Lipinski definition) is 2. The number of aliphatic hydroxyl groups excluding tert-OH is 1. The molecule has 19 heavy (non-hydrogen) atoms. The van der Waals surface area contributed by atoms with E-state index in [1.165, 1.54) is 0 Å². The van der Waals surface area contributed by atoms with Crippen molar-refractivity contribution in [2.45, 2.75) is 18.9 Å². The molecule has 1 fully saturated rings. The molecule has 5 heteroatoms. The van der Waals surface area contributed by atoms with Gasteiger partial charge in [0.05, 0.1) is 13.2 Å². The van der Waals surface area contributed by atoms with Crippen molar-refractivity contribution in [2.24, 2.45) is 0 Å². The summed E-state index contributed by atoms with van der Waals surface area (Å²) in [6, 6.07) is 7.70. The van der Waals surface area contributed by atoms with Crippen LogP contribution in [0.4, 0.5) is 11.4 Å². The quantitative estimate of drug-likeness (QED) is 0.741. The first-order chi connectivity index (χ1) is 9.11. The molecule has 1 aliphatic carbocycles. The summed E-state index contributed by atoms with van der Waals surface area (Å²) in [5.74, 6) is 0.0325. The largest absolute Gasteiger partial charge is 0.399 e. The third kappa shape index (κ3) is 3.68. The topological polar surface area (TPSA) is 69.8 Å². The smallest absolute Gasteiger partial charge is 0.240 e. The number of hydrogen-bond acceptors (Lipinski definition) is 4. The van der Waals surface area contributed by atoms with E-state index in [2.05, 4.69) is 4.90 Å². The number of aliphatic hydroxyl groups is 1. The highest BCUT2D eigenvalue weighted by atomic mass is 16.3. The molecule has 2 rings (SSSR count). The third-order valence-corrected chi connectivity index (χ3v) is 3.44. The number of nitrogens with two attached hydrogens (primary N) is 1. The molecule has 104 valence electrons. The Kier molecular flexibility index (Phi) is 4.39. The van der Waals surface area contributed by atoms with Crippen molar-refractivity contribution >= 4 is 17.3 Å². The fraction of sp³-hybridized carbons (Fsp3) is 0.500. The Morgan fingerprint density at radius 3 is 2.53 bits per heavy atom. The molecule has 0 bridgehead atoms. The Morgan fingerprint density at radius 2 is 2.00 bits per heavy atom. The maximum Gasteiger partial charge on any atom is 0.240 e. The molecule has 0 unspecified atom stereocenters. The number of amides is 1. The zero-order valence-electron chi connectivity index (χ0n) is 11.2. The Morgan fingerprint density at radius 1 is 1.37 bits per heavy atom. The second-order valence-electron chi connectivity index (χ2n) is 4.97. The number of carbonyl (C=O) groups is 1. The lowest BCUT2D eigenvalue weighted by molar-refractivity contribution is -0.119. The molecule has 0 aliphatic heterocycles. The molecule has 0 spiro atoms. The molecule has 0 saturated heterocycles. The van der Waals surface area contributed by atoms with Gasteiger partial charge in [0.15, 0.2) is 0 Å². The maximum absolute atomic E-state index is 12.2. The highest BCUT2D eigenvalue weighted by Gasteiger charge is 2.30. The van der Waals surface area contributed by atoms with Crippen LogP contribution in [-0.2, 0) is 4.79 Å². The van der Waals surface area contributed by atoms with E-state index in [9.17, 15) is 4.79 Å². The molecule has 0 heterocycles. The Bertz CT molecular complexity index is 429. The van der Waals surface area contributed by atoms with Crippen molar-refractivity contribution in [2.75, 3.05) is 37.4 Å². The number of nitrogen functional groups attached to an aromatic ring is 1. The van der Waals surface area contributed by atoms with E-state index in [1.807, 2.05) is 12.1 Å². The molecular formula is C14H21N3O2. The summed E-state index contributed by atoms with van der Waals surface area (Å²) in [6.45, 7) is 1.01. The van der Waals surface area contributed by atoms with Gasteiger partial charge in [-0.1, -0.05) is 0 Å². The molecule has 1 amide bonds. The monoisotopic (exact) mass is 263 g/mol. The van der Waals surface area contributed by atoms with Crippen molar-refractivity contribution in [1.82, 2.24) is 4.90 Å². The number of rotatable bonds is 6. The number of nitrogens with zero attached hydrogens (tertiary/aromatic N) is 2. The van der Waals surface area contributed by atoms with Crippen LogP contribution in [0.3, 0.4) is 0 Å². The Labute approximate surface area is 113 Å². The fourth-order valence-corrected chi connectivity index (χ4v) is 2.08. The minimum Gasteiger partial charge on any atom is -0.399 e. The van der Waals surface area contributed by atoms with Gasteiger partial charge in [0, 0.05) is 31.0 Å². The second-order valence-corrected chi connectivity index (χ2v) is 4.97. The van der Waals surface area contributed by atoms with Gasteiger partial charge in [-0.2, -0.15) is 0 Å². The standard InChI is InChI=1S/C14H21N3O2/c1-16(12-4-2-11(15)3-5-12)14(19)10-17(8-9-18)13-6-7-13/h2-5,13,18H,6-10,15H2,1H3. The molecule has 1 saturated carbocycles. The molecule has 1 aromatic rings. The van der Waals surface area contributed by atoms with Crippen LogP contribution in [0.15, 0.2) is 24.3 Å². The summed E-state index contributed by atoms with van der Waals surface area (Å²) >= 11 is 0. The normalized spacial score (nSPS) is 14.7. The lowest BCUT2D eigenvalue weighted by Crippen LogP contribution is -2.40. The first-order valence-corrected chi connectivity index (χ1v) is 6.59. The summed E-state index contributed by atoms with van der Waals surface area (Å²) in [5, 5.41) is 9.03. The average molecular weight is 263 g/mol. The number of benzene rings is 1. The Hall–Kier alpha value is -1.59. The van der Waals surface area contributed by atoms with Crippen molar-refractivity contribution in [1.29, 1.82) is 0 Å². The SMILES string of the molecule is CN(C(=O)CN(CCO)C1CC1)c1ccc(N)cc1. The third-order valence-electron chi connectivity index (χ3n) is 3.44. The van der Waals surface area contributed by atoms with E-state index in [0.29, 0.717) is 24.8 Å². The van der Waals surface area contributed by atoms with Crippen LogP contribution in [0.25, 0.3) is 0 Å². The highest BCUT2D eigenvalue weighted by Crippen LogP contribution is 2.26. The van der Waals surface area contributed by atoms with E-state index in [1.54, 1.807) is 24.1 Å². The van der Waals surface area contributed by atoms with Gasteiger partial charge in [-0.25, -0.2) is 0 Å². The molecule has 5 nitrogen and oxygen atoms in total. The van der Waals surface area contributed by atoms with Gasteiger partial charge < -0.3 is 15.7 Å². The van der Waals surface area contributed by atoms with Crippen LogP contribution in [0.1, 0.15) is 12.8 Å². The fourth-order valence-electron chi connectivity index (χ4n) is 2.08. The predicted molar refractivity (Wildman–Crippen MR) is 75.9 cm³/mol. The summed E-state index contributed by atoms with van der Waals surface area (Å²) in [7, 11) is 1.76. The number of likely N-dealkylation sites (N-methyl/N-ethyl adjacent to an activating group) is 1. The minimum absolute atomic E-state index is 0.0325. The van der Waals surface area contributed by atoms with Crippen molar-refractivity contribution in [3.05, 3.63) is 24.3 Å². The van der Waals surface area contributed by atoms with Crippen LogP contribution in [-0.4, -0.2) is 48.7 Å². The van der Waals surface area contributed by atoms with Gasteiger partial charge in [0.25, 0.3) is 0 Å². The zero-order chi connectivity index (χ0) is 13.8. The van der Waals surface area contributed by atoms with Crippen LogP contribution in [0, 0.1) is 0 Å². The number of anilines is 2. The molecule has 1 aliphatic rings.